The van der Waals surface area contributed by atoms with Crippen LogP contribution in [0.2, 0.25) is 0 Å². The van der Waals surface area contributed by atoms with Gasteiger partial charge in [0, 0.05) is 11.6 Å². The van der Waals surface area contributed by atoms with E-state index in [1.807, 2.05) is 30.3 Å². The fourth-order valence-electron chi connectivity index (χ4n) is 1.82. The summed E-state index contributed by atoms with van der Waals surface area (Å²) < 4.78 is 5.67. The molecule has 0 saturated heterocycles. The van der Waals surface area contributed by atoms with Crippen LogP contribution < -0.4 is 10.1 Å². The summed E-state index contributed by atoms with van der Waals surface area (Å²) in [6.45, 7) is 0. The number of benzene rings is 2. The monoisotopic (exact) mass is 279 g/mol. The van der Waals surface area contributed by atoms with Crippen LogP contribution in [0.15, 0.2) is 66.9 Å². The van der Waals surface area contributed by atoms with Crippen LogP contribution in [0.3, 0.4) is 0 Å². The van der Waals surface area contributed by atoms with Crippen molar-refractivity contribution < 1.29 is 9.53 Å². The van der Waals surface area contributed by atoms with Gasteiger partial charge >= 0.3 is 0 Å². The van der Waals surface area contributed by atoms with E-state index in [-0.39, 0.29) is 5.91 Å². The van der Waals surface area contributed by atoms with E-state index in [4.69, 9.17) is 4.74 Å². The molecule has 5 heteroatoms. The molecule has 0 radical (unpaired) electrons. The molecule has 2 N–H and O–H groups in total. The molecule has 0 saturated carbocycles. The molecule has 0 fully saturated rings. The highest BCUT2D eigenvalue weighted by molar-refractivity contribution is 6.03. The van der Waals surface area contributed by atoms with Crippen molar-refractivity contribution >= 4 is 11.7 Å². The Morgan fingerprint density at radius 1 is 0.952 bits per heavy atom. The molecule has 0 aliphatic carbocycles. The van der Waals surface area contributed by atoms with E-state index in [1.165, 1.54) is 0 Å². The molecule has 0 unspecified atom stereocenters. The first-order valence-corrected chi connectivity index (χ1v) is 6.45. The first-order chi connectivity index (χ1) is 10.3. The molecule has 104 valence electrons. The third-order valence-electron chi connectivity index (χ3n) is 2.84. The Morgan fingerprint density at radius 3 is 2.33 bits per heavy atom. The smallest absolute Gasteiger partial charge is 0.256 e. The predicted molar refractivity (Wildman–Crippen MR) is 79.5 cm³/mol. The average molecular weight is 279 g/mol. The van der Waals surface area contributed by atoms with Crippen LogP contribution in [0.25, 0.3) is 0 Å². The van der Waals surface area contributed by atoms with Gasteiger partial charge in [0.25, 0.3) is 5.91 Å². The van der Waals surface area contributed by atoms with Gasteiger partial charge in [-0.3, -0.25) is 9.89 Å². The van der Waals surface area contributed by atoms with E-state index in [2.05, 4.69) is 15.5 Å². The number of hydrogen-bond donors (Lipinski definition) is 2. The van der Waals surface area contributed by atoms with Crippen molar-refractivity contribution in [1.29, 1.82) is 0 Å². The van der Waals surface area contributed by atoms with Gasteiger partial charge in [-0.2, -0.15) is 5.10 Å². The Balaban J connectivity index is 1.68. The van der Waals surface area contributed by atoms with Crippen molar-refractivity contribution in [3.8, 4) is 11.5 Å². The number of nitrogens with one attached hydrogen (secondary N) is 2. The van der Waals surface area contributed by atoms with Gasteiger partial charge in [0.05, 0.1) is 6.20 Å². The first kappa shape index (κ1) is 12.9. The maximum Gasteiger partial charge on any atom is 0.256 e. The fraction of sp³-hybridized carbons (Fsp3) is 0. The highest BCUT2D eigenvalue weighted by Gasteiger charge is 2.07. The number of nitrogens with zero attached hydrogens (tertiary/aromatic N) is 1. The van der Waals surface area contributed by atoms with Crippen LogP contribution in [-0.2, 0) is 0 Å². The highest BCUT2D eigenvalue weighted by atomic mass is 16.5. The summed E-state index contributed by atoms with van der Waals surface area (Å²) in [6, 6.07) is 18.1. The van der Waals surface area contributed by atoms with E-state index in [0.717, 1.165) is 5.75 Å². The summed E-state index contributed by atoms with van der Waals surface area (Å²) in [5.41, 5.74) is 0.546. The third kappa shape index (κ3) is 3.27. The Hall–Kier alpha value is -3.08. The summed E-state index contributed by atoms with van der Waals surface area (Å²) in [7, 11) is 0. The fourth-order valence-corrected chi connectivity index (χ4v) is 1.82. The number of H-pyrrole nitrogens is 1. The van der Waals surface area contributed by atoms with Crippen LogP contribution in [0.5, 0.6) is 11.5 Å². The number of para-hydroxylation sites is 1. The molecule has 1 heterocycles. The van der Waals surface area contributed by atoms with Crippen LogP contribution in [0.4, 0.5) is 5.82 Å². The largest absolute Gasteiger partial charge is 0.457 e. The molecule has 2 aromatic carbocycles. The van der Waals surface area contributed by atoms with Gasteiger partial charge in [-0.1, -0.05) is 18.2 Å². The summed E-state index contributed by atoms with van der Waals surface area (Å²) in [6.07, 6.45) is 1.58. The number of aromatic nitrogens is 2. The van der Waals surface area contributed by atoms with Crippen molar-refractivity contribution in [3.63, 3.8) is 0 Å². The van der Waals surface area contributed by atoms with Gasteiger partial charge in [0.2, 0.25) is 0 Å². The molecule has 5 nitrogen and oxygen atoms in total. The molecule has 0 atom stereocenters. The average Bonchev–Trinajstić information content (AvgIpc) is 3.02. The minimum Gasteiger partial charge on any atom is -0.457 e. The second-order valence-electron chi connectivity index (χ2n) is 4.36. The van der Waals surface area contributed by atoms with Gasteiger partial charge in [0.15, 0.2) is 0 Å². The number of carbonyl (C=O) groups excluding carboxylic acids is 1. The van der Waals surface area contributed by atoms with E-state index < -0.39 is 0 Å². The van der Waals surface area contributed by atoms with E-state index >= 15 is 0 Å². The van der Waals surface area contributed by atoms with Gasteiger partial charge in [-0.15, -0.1) is 0 Å². The molecule has 3 rings (SSSR count). The van der Waals surface area contributed by atoms with E-state index in [0.29, 0.717) is 17.1 Å². The van der Waals surface area contributed by atoms with Gasteiger partial charge in [-0.05, 0) is 36.4 Å². The number of hydrogen-bond acceptors (Lipinski definition) is 3. The summed E-state index contributed by atoms with van der Waals surface area (Å²) >= 11 is 0. The lowest BCUT2D eigenvalue weighted by molar-refractivity contribution is 0.102. The topological polar surface area (TPSA) is 67.0 Å². The zero-order chi connectivity index (χ0) is 14.5. The normalized spacial score (nSPS) is 10.1. The number of rotatable bonds is 4. The molecule has 0 aliphatic heterocycles. The first-order valence-electron chi connectivity index (χ1n) is 6.45. The second-order valence-corrected chi connectivity index (χ2v) is 4.36. The molecule has 1 aromatic heterocycles. The minimum absolute atomic E-state index is 0.203. The quantitative estimate of drug-likeness (QED) is 0.768. The zero-order valence-corrected chi connectivity index (χ0v) is 11.1. The minimum atomic E-state index is -0.203. The summed E-state index contributed by atoms with van der Waals surface area (Å²) in [5.74, 6) is 1.79. The molecule has 0 spiro atoms. The standard InChI is InChI=1S/C16H13N3O2/c20-16(18-15-10-11-17-19-15)12-6-8-14(9-7-12)21-13-4-2-1-3-5-13/h1-11H,(H2,17,18,19,20). The van der Waals surface area contributed by atoms with Crippen LogP contribution in [-0.4, -0.2) is 16.1 Å². The number of ether oxygens (including phenoxy) is 1. The number of aromatic amines is 1. The lowest BCUT2D eigenvalue weighted by atomic mass is 10.2. The molecule has 0 aliphatic rings. The second kappa shape index (κ2) is 5.92. The highest BCUT2D eigenvalue weighted by Crippen LogP contribution is 2.21. The maximum absolute atomic E-state index is 12.0. The molecule has 21 heavy (non-hydrogen) atoms. The zero-order valence-electron chi connectivity index (χ0n) is 11.1. The van der Waals surface area contributed by atoms with Crippen molar-refractivity contribution in [2.75, 3.05) is 5.32 Å². The summed E-state index contributed by atoms with van der Waals surface area (Å²) in [4.78, 5) is 12.0. The molecule has 0 bridgehead atoms. The molecule has 3 aromatic rings. The molecular weight excluding hydrogens is 266 g/mol. The third-order valence-corrected chi connectivity index (χ3v) is 2.84. The Bertz CT molecular complexity index is 707. The maximum atomic E-state index is 12.0. The lowest BCUT2D eigenvalue weighted by Gasteiger charge is -2.06. The van der Waals surface area contributed by atoms with Crippen molar-refractivity contribution in [1.82, 2.24) is 10.2 Å². The molecular formula is C16H13N3O2. The number of anilines is 1. The van der Waals surface area contributed by atoms with Crippen LogP contribution in [0.1, 0.15) is 10.4 Å². The van der Waals surface area contributed by atoms with E-state index in [1.54, 1.807) is 36.5 Å². The van der Waals surface area contributed by atoms with Crippen LogP contribution >= 0.6 is 0 Å². The van der Waals surface area contributed by atoms with Crippen molar-refractivity contribution in [2.24, 2.45) is 0 Å². The van der Waals surface area contributed by atoms with E-state index in [9.17, 15) is 4.79 Å². The lowest BCUT2D eigenvalue weighted by Crippen LogP contribution is -2.11. The Labute approximate surface area is 121 Å². The van der Waals surface area contributed by atoms with Crippen LogP contribution in [0, 0.1) is 0 Å². The van der Waals surface area contributed by atoms with Crippen molar-refractivity contribution in [3.05, 3.63) is 72.4 Å². The number of amides is 1. The summed E-state index contributed by atoms with van der Waals surface area (Å²) in [5, 5.41) is 9.15. The van der Waals surface area contributed by atoms with Gasteiger partial charge in [0.1, 0.15) is 17.3 Å². The van der Waals surface area contributed by atoms with Crippen molar-refractivity contribution in [2.45, 2.75) is 0 Å². The Morgan fingerprint density at radius 2 is 1.67 bits per heavy atom. The number of carbonyl (C=O) groups is 1. The Kier molecular flexibility index (Phi) is 3.64. The van der Waals surface area contributed by atoms with Gasteiger partial charge in [-0.25, -0.2) is 0 Å². The SMILES string of the molecule is O=C(Nc1ccn[nH]1)c1ccc(Oc2ccccc2)cc1. The van der Waals surface area contributed by atoms with Gasteiger partial charge < -0.3 is 10.1 Å². The molecule has 1 amide bonds. The predicted octanol–water partition coefficient (Wildman–Crippen LogP) is 3.45.